The summed E-state index contributed by atoms with van der Waals surface area (Å²) in [6.07, 6.45) is 4.12. The number of carbonyl (C=O) groups is 3. The molecule has 8 heteroatoms. The van der Waals surface area contributed by atoms with Gasteiger partial charge in [0.25, 0.3) is 0 Å². The number of amidine groups is 1. The number of carboxylic acids is 1. The van der Waals surface area contributed by atoms with Crippen LogP contribution in [0.4, 0.5) is 11.4 Å². The molecule has 4 rings (SSSR count). The number of carboxylic acid groups (broad SMARTS) is 1. The van der Waals surface area contributed by atoms with E-state index in [1.54, 1.807) is 17.0 Å². The van der Waals surface area contributed by atoms with Gasteiger partial charge >= 0.3 is 5.97 Å². The fourth-order valence-corrected chi connectivity index (χ4v) is 5.29. The lowest BCUT2D eigenvalue weighted by molar-refractivity contribution is -0.129. The minimum atomic E-state index is -1.02. The Labute approximate surface area is 190 Å². The van der Waals surface area contributed by atoms with Gasteiger partial charge in [0.1, 0.15) is 5.25 Å². The number of hydrogen-bond acceptors (Lipinski definition) is 5. The number of carbonyl (C=O) groups excluding carboxylic acids is 2. The predicted octanol–water partition coefficient (Wildman–Crippen LogP) is 4.60. The van der Waals surface area contributed by atoms with Crippen LogP contribution in [0.1, 0.15) is 48.0 Å². The van der Waals surface area contributed by atoms with Crippen molar-refractivity contribution in [1.82, 2.24) is 4.90 Å². The van der Waals surface area contributed by atoms with Crippen molar-refractivity contribution in [3.8, 4) is 0 Å². The van der Waals surface area contributed by atoms with Crippen LogP contribution in [0.3, 0.4) is 0 Å². The van der Waals surface area contributed by atoms with Crippen molar-refractivity contribution < 1.29 is 19.5 Å². The molecule has 1 aliphatic carbocycles. The number of benzene rings is 2. The van der Waals surface area contributed by atoms with Crippen LogP contribution in [-0.4, -0.2) is 44.2 Å². The van der Waals surface area contributed by atoms with Gasteiger partial charge in [-0.3, -0.25) is 14.5 Å². The first-order chi connectivity index (χ1) is 15.4. The second-order valence-electron chi connectivity index (χ2n) is 8.12. The Morgan fingerprint density at radius 1 is 1.16 bits per heavy atom. The highest BCUT2D eigenvalue weighted by Crippen LogP contribution is 2.37. The first-order valence-electron chi connectivity index (χ1n) is 10.7. The second kappa shape index (κ2) is 9.56. The van der Waals surface area contributed by atoms with Crippen molar-refractivity contribution in [1.29, 1.82) is 0 Å². The van der Waals surface area contributed by atoms with Gasteiger partial charge in [-0.15, -0.1) is 0 Å². The van der Waals surface area contributed by atoms with Gasteiger partial charge in [-0.05, 0) is 61.7 Å². The standard InChI is InChI=1S/C24H25N3O4S/c1-15-5-4-6-18(13-15)26-24-27(19-7-2-3-8-19)22(29)20(32-24)14-21(28)25-17-11-9-16(10-12-17)23(30)31/h4-6,9-13,19-20H,2-3,7-8,14H2,1H3,(H,25,28)(H,30,31). The van der Waals surface area contributed by atoms with Gasteiger partial charge < -0.3 is 10.4 Å². The van der Waals surface area contributed by atoms with E-state index in [-0.39, 0.29) is 29.8 Å². The zero-order valence-electron chi connectivity index (χ0n) is 17.8. The summed E-state index contributed by atoms with van der Waals surface area (Å²) in [6.45, 7) is 2.00. The summed E-state index contributed by atoms with van der Waals surface area (Å²) in [7, 11) is 0. The van der Waals surface area contributed by atoms with Gasteiger partial charge in [0, 0.05) is 18.2 Å². The van der Waals surface area contributed by atoms with Crippen LogP contribution in [0, 0.1) is 6.92 Å². The normalized spacial score (nSPS) is 20.2. The number of aromatic carboxylic acids is 1. The van der Waals surface area contributed by atoms with Crippen LogP contribution >= 0.6 is 11.8 Å². The monoisotopic (exact) mass is 451 g/mol. The number of nitrogens with one attached hydrogen (secondary N) is 1. The van der Waals surface area contributed by atoms with Gasteiger partial charge in [-0.1, -0.05) is 36.7 Å². The molecule has 2 N–H and O–H groups in total. The summed E-state index contributed by atoms with van der Waals surface area (Å²) in [5.41, 5.74) is 2.54. The van der Waals surface area contributed by atoms with Gasteiger partial charge in [0.2, 0.25) is 11.8 Å². The molecule has 2 amide bonds. The molecule has 2 aliphatic rings. The molecule has 2 aromatic rings. The van der Waals surface area contributed by atoms with E-state index >= 15 is 0 Å². The minimum absolute atomic E-state index is 0.0280. The van der Waals surface area contributed by atoms with Crippen LogP contribution in [0.2, 0.25) is 0 Å². The van der Waals surface area contributed by atoms with Crippen molar-refractivity contribution in [2.24, 2.45) is 4.99 Å². The quantitative estimate of drug-likeness (QED) is 0.669. The molecule has 1 aliphatic heterocycles. The summed E-state index contributed by atoms with van der Waals surface area (Å²) in [4.78, 5) is 43.4. The Hall–Kier alpha value is -3.13. The summed E-state index contributed by atoms with van der Waals surface area (Å²) in [6, 6.07) is 13.9. The lowest BCUT2D eigenvalue weighted by atomic mass is 10.1. The van der Waals surface area contributed by atoms with Crippen LogP contribution in [0.5, 0.6) is 0 Å². The van der Waals surface area contributed by atoms with E-state index in [2.05, 4.69) is 5.32 Å². The Morgan fingerprint density at radius 3 is 2.53 bits per heavy atom. The first kappa shape index (κ1) is 22.1. The van der Waals surface area contributed by atoms with Crippen LogP contribution in [0.15, 0.2) is 53.5 Å². The van der Waals surface area contributed by atoms with E-state index in [4.69, 9.17) is 10.1 Å². The maximum Gasteiger partial charge on any atom is 0.335 e. The van der Waals surface area contributed by atoms with Crippen LogP contribution < -0.4 is 5.32 Å². The van der Waals surface area contributed by atoms with E-state index < -0.39 is 11.2 Å². The lowest BCUT2D eigenvalue weighted by Crippen LogP contribution is -2.40. The number of aryl methyl sites for hydroxylation is 1. The third-order valence-electron chi connectivity index (χ3n) is 5.67. The number of rotatable bonds is 6. The predicted molar refractivity (Wildman–Crippen MR) is 125 cm³/mol. The molecule has 1 saturated heterocycles. The Balaban J connectivity index is 1.49. The molecule has 1 heterocycles. The van der Waals surface area contributed by atoms with E-state index in [0.717, 1.165) is 36.9 Å². The van der Waals surface area contributed by atoms with Crippen molar-refractivity contribution in [2.75, 3.05) is 5.32 Å². The molecule has 0 aromatic heterocycles. The van der Waals surface area contributed by atoms with Crippen molar-refractivity contribution in [3.05, 3.63) is 59.7 Å². The fourth-order valence-electron chi connectivity index (χ4n) is 4.08. The zero-order chi connectivity index (χ0) is 22.7. The Bertz CT molecular complexity index is 1060. The van der Waals surface area contributed by atoms with Crippen molar-refractivity contribution in [2.45, 2.75) is 50.3 Å². The first-order valence-corrected chi connectivity index (χ1v) is 11.6. The van der Waals surface area contributed by atoms with Crippen molar-refractivity contribution >= 4 is 46.1 Å². The highest BCUT2D eigenvalue weighted by atomic mass is 32.2. The van der Waals surface area contributed by atoms with Crippen LogP contribution in [0.25, 0.3) is 0 Å². The molecule has 0 radical (unpaired) electrons. The van der Waals surface area contributed by atoms with Gasteiger partial charge in [0.05, 0.1) is 11.3 Å². The summed E-state index contributed by atoms with van der Waals surface area (Å²) in [5.74, 6) is -1.38. The van der Waals surface area contributed by atoms with Crippen molar-refractivity contribution in [3.63, 3.8) is 0 Å². The summed E-state index contributed by atoms with van der Waals surface area (Å²) < 4.78 is 0. The van der Waals surface area contributed by atoms with Gasteiger partial charge in [-0.25, -0.2) is 9.79 Å². The number of amides is 2. The van der Waals surface area contributed by atoms with E-state index in [1.807, 2.05) is 31.2 Å². The fraction of sp³-hybridized carbons (Fsp3) is 0.333. The average Bonchev–Trinajstić information content (AvgIpc) is 3.37. The third kappa shape index (κ3) is 5.02. The molecule has 166 valence electrons. The highest BCUT2D eigenvalue weighted by Gasteiger charge is 2.43. The Kier molecular flexibility index (Phi) is 6.60. The minimum Gasteiger partial charge on any atom is -0.478 e. The molecular formula is C24H25N3O4S. The average molecular weight is 452 g/mol. The van der Waals surface area contributed by atoms with E-state index in [0.29, 0.717) is 10.9 Å². The molecule has 32 heavy (non-hydrogen) atoms. The summed E-state index contributed by atoms with van der Waals surface area (Å²) in [5, 5.41) is 11.9. The van der Waals surface area contributed by atoms with E-state index in [1.165, 1.54) is 23.9 Å². The molecule has 0 spiro atoms. The van der Waals surface area contributed by atoms with E-state index in [9.17, 15) is 14.4 Å². The largest absolute Gasteiger partial charge is 0.478 e. The second-order valence-corrected chi connectivity index (χ2v) is 9.29. The SMILES string of the molecule is Cc1cccc(N=C2SC(CC(=O)Nc3ccc(C(=O)O)cc3)C(=O)N2C2CCCC2)c1. The lowest BCUT2D eigenvalue weighted by Gasteiger charge is -2.23. The molecule has 1 unspecified atom stereocenters. The number of thioether (sulfide) groups is 1. The summed E-state index contributed by atoms with van der Waals surface area (Å²) >= 11 is 1.35. The molecule has 2 fully saturated rings. The number of nitrogens with zero attached hydrogens (tertiary/aromatic N) is 2. The topological polar surface area (TPSA) is 99.1 Å². The smallest absolute Gasteiger partial charge is 0.335 e. The molecule has 0 bridgehead atoms. The highest BCUT2D eigenvalue weighted by molar-refractivity contribution is 8.15. The molecular weight excluding hydrogens is 426 g/mol. The Morgan fingerprint density at radius 2 is 1.88 bits per heavy atom. The maximum atomic E-state index is 13.2. The zero-order valence-corrected chi connectivity index (χ0v) is 18.6. The van der Waals surface area contributed by atoms with Gasteiger partial charge in [0.15, 0.2) is 5.17 Å². The van der Waals surface area contributed by atoms with Gasteiger partial charge in [-0.2, -0.15) is 0 Å². The third-order valence-corrected chi connectivity index (χ3v) is 6.82. The molecule has 1 saturated carbocycles. The molecule has 7 nitrogen and oxygen atoms in total. The number of anilines is 1. The molecule has 1 atom stereocenters. The maximum absolute atomic E-state index is 13.2. The van der Waals surface area contributed by atoms with Crippen LogP contribution in [-0.2, 0) is 9.59 Å². The number of aliphatic imine (C=N–C) groups is 1. The molecule has 2 aromatic carbocycles. The number of hydrogen-bond donors (Lipinski definition) is 2.